The van der Waals surface area contributed by atoms with Crippen molar-refractivity contribution in [3.05, 3.63) is 71.1 Å². The Morgan fingerprint density at radius 3 is 2.34 bits per heavy atom. The van der Waals surface area contributed by atoms with Crippen LogP contribution in [0.3, 0.4) is 0 Å². The molecular weight excluding hydrogens is 438 g/mol. The number of benzene rings is 2. The summed E-state index contributed by atoms with van der Waals surface area (Å²) in [5.74, 6) is 1.82. The molecule has 0 bridgehead atoms. The molecule has 1 atom stereocenters. The summed E-state index contributed by atoms with van der Waals surface area (Å²) in [7, 11) is 2.09. The van der Waals surface area contributed by atoms with Crippen LogP contribution < -0.4 is 0 Å². The summed E-state index contributed by atoms with van der Waals surface area (Å²) in [4.78, 5) is 6.96. The minimum Gasteiger partial charge on any atom is -0.393 e. The molecule has 35 heavy (non-hydrogen) atoms. The van der Waals surface area contributed by atoms with Crippen LogP contribution in [0, 0.1) is 5.41 Å². The van der Waals surface area contributed by atoms with E-state index in [-0.39, 0.29) is 17.4 Å². The third-order valence-electron chi connectivity index (χ3n) is 8.13. The van der Waals surface area contributed by atoms with Gasteiger partial charge in [0.15, 0.2) is 0 Å². The molecule has 1 saturated carbocycles. The first-order valence-corrected chi connectivity index (χ1v) is 12.8. The van der Waals surface area contributed by atoms with Gasteiger partial charge < -0.3 is 19.6 Å². The van der Waals surface area contributed by atoms with Crippen molar-refractivity contribution in [1.82, 2.24) is 15.0 Å². The molecule has 6 nitrogen and oxygen atoms in total. The van der Waals surface area contributed by atoms with Crippen molar-refractivity contribution < 1.29 is 14.7 Å². The Morgan fingerprint density at radius 1 is 1.03 bits per heavy atom. The van der Waals surface area contributed by atoms with Gasteiger partial charge in [-0.15, -0.1) is 0 Å². The number of nitrogens with zero attached hydrogens (tertiary/aromatic N) is 3. The Labute approximate surface area is 208 Å². The molecule has 2 aromatic carbocycles. The molecule has 1 aliphatic heterocycles. The fraction of sp³-hybridized carbons (Fsp3) is 0.517. The molecule has 1 aliphatic carbocycles. The Balaban J connectivity index is 1.50. The molecule has 2 N–H and O–H groups in total. The maximum Gasteiger partial charge on any atom is 0.230 e. The van der Waals surface area contributed by atoms with Crippen molar-refractivity contribution in [2.24, 2.45) is 5.41 Å². The first-order valence-electron chi connectivity index (χ1n) is 12.8. The number of rotatable bonds is 6. The predicted molar refractivity (Wildman–Crippen MR) is 136 cm³/mol. The largest absolute Gasteiger partial charge is 0.393 e. The molecule has 0 spiro atoms. The fourth-order valence-electron chi connectivity index (χ4n) is 6.07. The normalized spacial score (nSPS) is 24.2. The molecule has 2 heterocycles. The Kier molecular flexibility index (Phi) is 6.32. The van der Waals surface area contributed by atoms with Gasteiger partial charge in [-0.1, -0.05) is 68.4 Å². The van der Waals surface area contributed by atoms with Gasteiger partial charge in [0.05, 0.1) is 6.10 Å². The standard InChI is InChI=1S/C29H37N3O3/c1-19(2)20-8-12-23(13-9-20)29(34,28(3)17-32(4)18-28)24-7-5-6-22(16-24)26-30-27(35-31-26)21-10-14-25(33)15-11-21/h5-9,12-13,16,19,21,25,33-34H,10-11,14-15,17-18H2,1-4H3/t21?,25?,29-/m0/s1. The average Bonchev–Trinajstić information content (AvgIpc) is 3.33. The second-order valence-electron chi connectivity index (χ2n) is 11.3. The Bertz CT molecular complexity index is 1160. The van der Waals surface area contributed by atoms with E-state index in [1.54, 1.807) is 0 Å². The second-order valence-corrected chi connectivity index (χ2v) is 11.3. The molecule has 6 heteroatoms. The van der Waals surface area contributed by atoms with Gasteiger partial charge >= 0.3 is 0 Å². The number of aliphatic hydroxyl groups excluding tert-OH is 1. The summed E-state index contributed by atoms with van der Waals surface area (Å²) in [6.07, 6.45) is 3.05. The molecule has 1 aromatic heterocycles. The number of hydrogen-bond donors (Lipinski definition) is 2. The molecule has 0 radical (unpaired) electrons. The van der Waals surface area contributed by atoms with E-state index in [9.17, 15) is 10.2 Å². The summed E-state index contributed by atoms with van der Waals surface area (Å²) in [6.45, 7) is 8.14. The zero-order valence-corrected chi connectivity index (χ0v) is 21.2. The van der Waals surface area contributed by atoms with Gasteiger partial charge in [-0.25, -0.2) is 0 Å². The van der Waals surface area contributed by atoms with Crippen molar-refractivity contribution in [3.8, 4) is 11.4 Å². The van der Waals surface area contributed by atoms with Crippen molar-refractivity contribution >= 4 is 0 Å². The van der Waals surface area contributed by atoms with Crippen molar-refractivity contribution in [2.45, 2.75) is 70.0 Å². The van der Waals surface area contributed by atoms with Crippen LogP contribution in [0.4, 0.5) is 0 Å². The fourth-order valence-corrected chi connectivity index (χ4v) is 6.07. The van der Waals surface area contributed by atoms with Gasteiger partial charge in [-0.05, 0) is 61.4 Å². The van der Waals surface area contributed by atoms with E-state index in [1.807, 2.05) is 24.3 Å². The van der Waals surface area contributed by atoms with Gasteiger partial charge in [-0.2, -0.15) is 4.98 Å². The molecule has 186 valence electrons. The smallest absolute Gasteiger partial charge is 0.230 e. The van der Waals surface area contributed by atoms with E-state index < -0.39 is 5.60 Å². The van der Waals surface area contributed by atoms with Gasteiger partial charge in [0.25, 0.3) is 0 Å². The van der Waals surface area contributed by atoms with Crippen LogP contribution in [0.5, 0.6) is 0 Å². The molecule has 0 amide bonds. The first-order chi connectivity index (χ1) is 16.7. The summed E-state index contributed by atoms with van der Waals surface area (Å²) in [5.41, 5.74) is 2.36. The van der Waals surface area contributed by atoms with Crippen LogP contribution in [-0.2, 0) is 5.60 Å². The summed E-state index contributed by atoms with van der Waals surface area (Å²) in [5, 5.41) is 26.6. The molecule has 3 aromatic rings. The van der Waals surface area contributed by atoms with Crippen LogP contribution in [0.1, 0.15) is 80.9 Å². The number of hydrogen-bond acceptors (Lipinski definition) is 6. The highest BCUT2D eigenvalue weighted by Crippen LogP contribution is 2.50. The monoisotopic (exact) mass is 475 g/mol. The number of likely N-dealkylation sites (tertiary alicyclic amines) is 1. The predicted octanol–water partition coefficient (Wildman–Crippen LogP) is 5.07. The Morgan fingerprint density at radius 2 is 1.71 bits per heavy atom. The lowest BCUT2D eigenvalue weighted by molar-refractivity contribution is -0.127. The zero-order chi connectivity index (χ0) is 24.8. The lowest BCUT2D eigenvalue weighted by atomic mass is 9.62. The van der Waals surface area contributed by atoms with Gasteiger partial charge in [-0.3, -0.25) is 0 Å². The van der Waals surface area contributed by atoms with E-state index in [2.05, 4.69) is 62.1 Å². The van der Waals surface area contributed by atoms with Crippen molar-refractivity contribution in [2.75, 3.05) is 20.1 Å². The molecule has 1 saturated heterocycles. The highest BCUT2D eigenvalue weighted by molar-refractivity contribution is 5.58. The maximum atomic E-state index is 12.5. The lowest BCUT2D eigenvalue weighted by Gasteiger charge is -2.56. The minimum absolute atomic E-state index is 0.198. The third kappa shape index (κ3) is 4.32. The number of aliphatic hydroxyl groups is 2. The molecule has 0 unspecified atom stereocenters. The quantitative estimate of drug-likeness (QED) is 0.518. The van der Waals surface area contributed by atoms with Crippen LogP contribution in [0.2, 0.25) is 0 Å². The van der Waals surface area contributed by atoms with Crippen molar-refractivity contribution in [3.63, 3.8) is 0 Å². The van der Waals surface area contributed by atoms with Crippen LogP contribution in [0.15, 0.2) is 53.1 Å². The topological polar surface area (TPSA) is 82.6 Å². The van der Waals surface area contributed by atoms with Crippen molar-refractivity contribution in [1.29, 1.82) is 0 Å². The van der Waals surface area contributed by atoms with E-state index in [0.717, 1.165) is 55.5 Å². The summed E-state index contributed by atoms with van der Waals surface area (Å²) in [6, 6.07) is 16.4. The van der Waals surface area contributed by atoms with Gasteiger partial charge in [0.1, 0.15) is 5.60 Å². The van der Waals surface area contributed by atoms with E-state index >= 15 is 0 Å². The molecule has 5 rings (SSSR count). The number of aromatic nitrogens is 2. The highest BCUT2D eigenvalue weighted by atomic mass is 16.5. The molecule has 2 fully saturated rings. The Hall–Kier alpha value is -2.54. The van der Waals surface area contributed by atoms with Crippen LogP contribution >= 0.6 is 0 Å². The highest BCUT2D eigenvalue weighted by Gasteiger charge is 2.55. The lowest BCUT2D eigenvalue weighted by Crippen LogP contribution is -2.63. The molecular formula is C29H37N3O3. The van der Waals surface area contributed by atoms with Crippen LogP contribution in [0.25, 0.3) is 11.4 Å². The first kappa shape index (κ1) is 24.2. The zero-order valence-electron chi connectivity index (χ0n) is 21.2. The van der Waals surface area contributed by atoms with E-state index in [4.69, 9.17) is 9.51 Å². The third-order valence-corrected chi connectivity index (χ3v) is 8.13. The van der Waals surface area contributed by atoms with E-state index in [0.29, 0.717) is 17.6 Å². The second kappa shape index (κ2) is 9.16. The average molecular weight is 476 g/mol. The summed E-state index contributed by atoms with van der Waals surface area (Å²) < 4.78 is 5.64. The van der Waals surface area contributed by atoms with Crippen LogP contribution in [-0.4, -0.2) is 51.5 Å². The summed E-state index contributed by atoms with van der Waals surface area (Å²) >= 11 is 0. The van der Waals surface area contributed by atoms with Gasteiger partial charge in [0, 0.05) is 30.0 Å². The van der Waals surface area contributed by atoms with Gasteiger partial charge in [0.2, 0.25) is 11.7 Å². The SMILES string of the molecule is CC(C)c1ccc([C@](O)(c2cccc(-c3noc(C4CCC(O)CC4)n3)c2)C2(C)CN(C)C2)cc1. The molecule has 2 aliphatic rings. The van der Waals surface area contributed by atoms with E-state index in [1.165, 1.54) is 5.56 Å². The minimum atomic E-state index is -1.16. The maximum absolute atomic E-state index is 12.5.